The van der Waals surface area contributed by atoms with Gasteiger partial charge in [-0.05, 0) is 25.5 Å². The molecule has 1 rings (SSSR count). The number of nitrogens with zero attached hydrogens (tertiary/aromatic N) is 1. The van der Waals surface area contributed by atoms with E-state index in [1.54, 1.807) is 31.2 Å². The van der Waals surface area contributed by atoms with Crippen molar-refractivity contribution in [3.05, 3.63) is 24.3 Å². The van der Waals surface area contributed by atoms with E-state index < -0.39 is 10.0 Å². The summed E-state index contributed by atoms with van der Waals surface area (Å²) in [5.41, 5.74) is 0.481. The number of rotatable bonds is 7. The molecule has 5 nitrogen and oxygen atoms in total. The van der Waals surface area contributed by atoms with Gasteiger partial charge in [-0.2, -0.15) is 5.26 Å². The zero-order chi connectivity index (χ0) is 13.4. The molecule has 1 aromatic carbocycles. The highest BCUT2D eigenvalue weighted by Gasteiger charge is 2.06. The number of ether oxygens (including phenoxy) is 1. The summed E-state index contributed by atoms with van der Waals surface area (Å²) in [5.74, 6) is 0.615. The third-order valence-corrected chi connectivity index (χ3v) is 3.50. The Bertz CT molecular complexity index is 520. The number of unbranched alkanes of at least 4 members (excludes halogenated alkanes) is 1. The maximum Gasteiger partial charge on any atom is 0.232 e. The van der Waals surface area contributed by atoms with Crippen LogP contribution in [0.25, 0.3) is 0 Å². The quantitative estimate of drug-likeness (QED) is 0.768. The van der Waals surface area contributed by atoms with Crippen LogP contribution in [0.4, 0.5) is 5.69 Å². The molecule has 1 aromatic rings. The zero-order valence-electron chi connectivity index (χ0n) is 10.2. The van der Waals surface area contributed by atoms with Gasteiger partial charge < -0.3 is 4.74 Å². The summed E-state index contributed by atoms with van der Waals surface area (Å²) in [6.45, 7) is 2.02. The van der Waals surface area contributed by atoms with E-state index in [-0.39, 0.29) is 5.75 Å². The van der Waals surface area contributed by atoms with Gasteiger partial charge in [0.15, 0.2) is 0 Å². The van der Waals surface area contributed by atoms with E-state index in [0.29, 0.717) is 30.9 Å². The summed E-state index contributed by atoms with van der Waals surface area (Å²) in [7, 11) is -3.27. The van der Waals surface area contributed by atoms with Gasteiger partial charge >= 0.3 is 0 Å². The first kappa shape index (κ1) is 14.3. The molecule has 0 unspecified atom stereocenters. The molecule has 0 fully saturated rings. The molecule has 0 aliphatic heterocycles. The molecule has 6 heteroatoms. The van der Waals surface area contributed by atoms with Gasteiger partial charge in [-0.15, -0.1) is 0 Å². The van der Waals surface area contributed by atoms with Crippen LogP contribution in [0.5, 0.6) is 5.75 Å². The van der Waals surface area contributed by atoms with Crippen LogP contribution in [0, 0.1) is 11.3 Å². The molecule has 0 aliphatic rings. The van der Waals surface area contributed by atoms with Crippen LogP contribution in [0.1, 0.15) is 19.8 Å². The fourth-order valence-electron chi connectivity index (χ4n) is 1.24. The molecule has 0 spiro atoms. The second-order valence-corrected chi connectivity index (χ2v) is 5.65. The lowest BCUT2D eigenvalue weighted by Gasteiger charge is -2.09. The molecule has 0 amide bonds. The number of nitriles is 1. The minimum absolute atomic E-state index is 0.0280. The van der Waals surface area contributed by atoms with Crippen molar-refractivity contribution in [1.82, 2.24) is 0 Å². The van der Waals surface area contributed by atoms with Crippen molar-refractivity contribution in [3.63, 3.8) is 0 Å². The SMILES string of the molecule is CCS(=O)(=O)Nc1cccc(OCCCC#N)c1. The lowest BCUT2D eigenvalue weighted by molar-refractivity contribution is 0.313. The van der Waals surface area contributed by atoms with Gasteiger partial charge in [0.1, 0.15) is 5.75 Å². The number of sulfonamides is 1. The Morgan fingerprint density at radius 3 is 2.89 bits per heavy atom. The third-order valence-electron chi connectivity index (χ3n) is 2.19. The number of benzene rings is 1. The van der Waals surface area contributed by atoms with Gasteiger partial charge in [0.2, 0.25) is 10.0 Å². The Morgan fingerprint density at radius 2 is 2.22 bits per heavy atom. The van der Waals surface area contributed by atoms with Crippen molar-refractivity contribution in [1.29, 1.82) is 5.26 Å². The van der Waals surface area contributed by atoms with E-state index in [4.69, 9.17) is 10.00 Å². The Balaban J connectivity index is 2.60. The molecular formula is C12H16N2O3S. The Hall–Kier alpha value is -1.74. The average Bonchev–Trinajstić information content (AvgIpc) is 2.35. The molecule has 0 atom stereocenters. The normalized spacial score (nSPS) is 10.7. The molecular weight excluding hydrogens is 252 g/mol. The summed E-state index contributed by atoms with van der Waals surface area (Å²) in [6.07, 6.45) is 1.10. The van der Waals surface area contributed by atoms with Gasteiger partial charge in [0.25, 0.3) is 0 Å². The van der Waals surface area contributed by atoms with Crippen LogP contribution in [0.3, 0.4) is 0 Å². The number of nitrogens with one attached hydrogen (secondary N) is 1. The molecule has 0 heterocycles. The first-order valence-corrected chi connectivity index (χ1v) is 7.33. The summed E-state index contributed by atoms with van der Waals surface area (Å²) in [6, 6.07) is 8.78. The zero-order valence-corrected chi connectivity index (χ0v) is 11.0. The molecule has 0 aromatic heterocycles. The number of hydrogen-bond acceptors (Lipinski definition) is 4. The third kappa shape index (κ3) is 5.06. The lowest BCUT2D eigenvalue weighted by Crippen LogP contribution is -2.14. The predicted octanol–water partition coefficient (Wildman–Crippen LogP) is 2.13. The van der Waals surface area contributed by atoms with Crippen LogP contribution in [-0.2, 0) is 10.0 Å². The van der Waals surface area contributed by atoms with E-state index in [2.05, 4.69) is 4.72 Å². The molecule has 1 N–H and O–H groups in total. The van der Waals surface area contributed by atoms with Crippen molar-refractivity contribution in [2.45, 2.75) is 19.8 Å². The number of hydrogen-bond donors (Lipinski definition) is 1. The van der Waals surface area contributed by atoms with E-state index in [1.807, 2.05) is 6.07 Å². The van der Waals surface area contributed by atoms with Crippen LogP contribution in [0.2, 0.25) is 0 Å². The van der Waals surface area contributed by atoms with Gasteiger partial charge in [0.05, 0.1) is 24.1 Å². The van der Waals surface area contributed by atoms with Crippen molar-refractivity contribution >= 4 is 15.7 Å². The molecule has 0 bridgehead atoms. The van der Waals surface area contributed by atoms with Gasteiger partial charge in [-0.1, -0.05) is 6.07 Å². The van der Waals surface area contributed by atoms with Crippen molar-refractivity contribution in [3.8, 4) is 11.8 Å². The molecule has 0 saturated heterocycles. The fraction of sp³-hybridized carbons (Fsp3) is 0.417. The maximum atomic E-state index is 11.4. The van der Waals surface area contributed by atoms with Gasteiger partial charge in [0, 0.05) is 12.5 Å². The maximum absolute atomic E-state index is 11.4. The summed E-state index contributed by atoms with van der Waals surface area (Å²) < 4.78 is 30.6. The first-order valence-electron chi connectivity index (χ1n) is 5.67. The second kappa shape index (κ2) is 6.87. The highest BCUT2D eigenvalue weighted by Crippen LogP contribution is 2.18. The molecule has 18 heavy (non-hydrogen) atoms. The topological polar surface area (TPSA) is 79.2 Å². The Labute approximate surface area is 107 Å². The van der Waals surface area contributed by atoms with Crippen LogP contribution in [0.15, 0.2) is 24.3 Å². The van der Waals surface area contributed by atoms with E-state index in [1.165, 1.54) is 0 Å². The molecule has 0 aliphatic carbocycles. The lowest BCUT2D eigenvalue weighted by atomic mass is 10.3. The van der Waals surface area contributed by atoms with Gasteiger partial charge in [-0.25, -0.2) is 8.42 Å². The highest BCUT2D eigenvalue weighted by molar-refractivity contribution is 7.92. The number of anilines is 1. The summed E-state index contributed by atoms with van der Waals surface area (Å²) in [5, 5.41) is 8.38. The minimum Gasteiger partial charge on any atom is -0.493 e. The fourth-order valence-corrected chi connectivity index (χ4v) is 1.87. The monoisotopic (exact) mass is 268 g/mol. The standard InChI is InChI=1S/C12H16N2O3S/c1-2-18(15,16)14-11-6-5-7-12(10-11)17-9-4-3-8-13/h5-7,10,14H,2-4,9H2,1H3. The van der Waals surface area contributed by atoms with Crippen molar-refractivity contribution in [2.24, 2.45) is 0 Å². The highest BCUT2D eigenvalue weighted by atomic mass is 32.2. The molecule has 98 valence electrons. The average molecular weight is 268 g/mol. The second-order valence-electron chi connectivity index (χ2n) is 3.64. The minimum atomic E-state index is -3.27. The molecule has 0 saturated carbocycles. The van der Waals surface area contributed by atoms with E-state index in [9.17, 15) is 8.42 Å². The predicted molar refractivity (Wildman–Crippen MR) is 69.9 cm³/mol. The van der Waals surface area contributed by atoms with Crippen LogP contribution in [-0.4, -0.2) is 20.8 Å². The van der Waals surface area contributed by atoms with Gasteiger partial charge in [-0.3, -0.25) is 4.72 Å². The van der Waals surface area contributed by atoms with Crippen LogP contribution >= 0.6 is 0 Å². The summed E-state index contributed by atoms with van der Waals surface area (Å²) in [4.78, 5) is 0. The smallest absolute Gasteiger partial charge is 0.232 e. The van der Waals surface area contributed by atoms with Crippen molar-refractivity contribution in [2.75, 3.05) is 17.1 Å². The molecule has 0 radical (unpaired) electrons. The van der Waals surface area contributed by atoms with E-state index >= 15 is 0 Å². The Kier molecular flexibility index (Phi) is 5.46. The van der Waals surface area contributed by atoms with E-state index in [0.717, 1.165) is 0 Å². The summed E-state index contributed by atoms with van der Waals surface area (Å²) >= 11 is 0. The van der Waals surface area contributed by atoms with Crippen LogP contribution < -0.4 is 9.46 Å². The first-order chi connectivity index (χ1) is 8.57. The Morgan fingerprint density at radius 1 is 1.44 bits per heavy atom. The van der Waals surface area contributed by atoms with Crippen molar-refractivity contribution < 1.29 is 13.2 Å². The largest absolute Gasteiger partial charge is 0.493 e.